The molecule has 1 aromatic heterocycles. The summed E-state index contributed by atoms with van der Waals surface area (Å²) in [5, 5.41) is 0. The molecule has 0 fully saturated rings. The average molecular weight is 266 g/mol. The van der Waals surface area contributed by atoms with E-state index in [-0.39, 0.29) is 0 Å². The number of aromatic nitrogens is 2. The minimum atomic E-state index is 0.565. The van der Waals surface area contributed by atoms with Crippen LogP contribution in [0.1, 0.15) is 11.3 Å². The molecule has 15 heavy (non-hydrogen) atoms. The van der Waals surface area contributed by atoms with E-state index >= 15 is 0 Å². The van der Waals surface area contributed by atoms with Gasteiger partial charge in [-0.15, -0.1) is 0 Å². The number of aryl methyl sites for hydroxylation is 1. The van der Waals surface area contributed by atoms with Crippen LogP contribution in [0, 0.1) is 6.92 Å². The lowest BCUT2D eigenvalue weighted by molar-refractivity contribution is 0.810. The number of nitrogens with zero attached hydrogens (tertiary/aromatic N) is 2. The van der Waals surface area contributed by atoms with Gasteiger partial charge in [0.1, 0.15) is 0 Å². The molecule has 2 rings (SSSR count). The quantitative estimate of drug-likeness (QED) is 0.907. The van der Waals surface area contributed by atoms with Gasteiger partial charge in [0.05, 0.1) is 12.2 Å². The van der Waals surface area contributed by atoms with Crippen molar-refractivity contribution in [2.45, 2.75) is 13.5 Å². The molecule has 2 aromatic rings. The van der Waals surface area contributed by atoms with E-state index in [1.165, 1.54) is 5.56 Å². The van der Waals surface area contributed by atoms with Crippen LogP contribution in [0.25, 0.3) is 0 Å². The fourth-order valence-corrected chi connectivity index (χ4v) is 1.74. The van der Waals surface area contributed by atoms with Crippen molar-refractivity contribution in [3.05, 3.63) is 46.2 Å². The van der Waals surface area contributed by atoms with Crippen LogP contribution in [0.3, 0.4) is 0 Å². The van der Waals surface area contributed by atoms with E-state index in [0.717, 1.165) is 16.7 Å². The summed E-state index contributed by atoms with van der Waals surface area (Å²) in [6.07, 6.45) is 1.96. The number of anilines is 1. The zero-order valence-corrected chi connectivity index (χ0v) is 10.0. The second-order valence-electron chi connectivity index (χ2n) is 3.49. The van der Waals surface area contributed by atoms with Crippen LogP contribution in [0.15, 0.2) is 34.9 Å². The minimum Gasteiger partial charge on any atom is -0.369 e. The molecular weight excluding hydrogens is 254 g/mol. The second-order valence-corrected chi connectivity index (χ2v) is 4.41. The van der Waals surface area contributed by atoms with Gasteiger partial charge in [-0.1, -0.05) is 28.1 Å². The van der Waals surface area contributed by atoms with Crippen LogP contribution in [0.5, 0.6) is 0 Å². The highest BCUT2D eigenvalue weighted by Crippen LogP contribution is 2.13. The number of hydrogen-bond acceptors (Lipinski definition) is 2. The minimum absolute atomic E-state index is 0.565. The van der Waals surface area contributed by atoms with E-state index < -0.39 is 0 Å². The highest BCUT2D eigenvalue weighted by Gasteiger charge is 2.01. The van der Waals surface area contributed by atoms with Crippen molar-refractivity contribution >= 4 is 21.9 Å². The maximum Gasteiger partial charge on any atom is 0.200 e. The third-order valence-corrected chi connectivity index (χ3v) is 2.72. The predicted octanol–water partition coefficient (Wildman–Crippen LogP) is 2.58. The van der Waals surface area contributed by atoms with Crippen LogP contribution in [0.4, 0.5) is 5.95 Å². The van der Waals surface area contributed by atoms with Gasteiger partial charge in [0.2, 0.25) is 5.95 Å². The number of rotatable bonds is 2. The third-order valence-electron chi connectivity index (χ3n) is 2.19. The summed E-state index contributed by atoms with van der Waals surface area (Å²) in [4.78, 5) is 4.16. The van der Waals surface area contributed by atoms with Gasteiger partial charge in [0, 0.05) is 10.7 Å². The Morgan fingerprint density at radius 1 is 1.33 bits per heavy atom. The van der Waals surface area contributed by atoms with Crippen LogP contribution in [0.2, 0.25) is 0 Å². The van der Waals surface area contributed by atoms with E-state index in [0.29, 0.717) is 5.95 Å². The van der Waals surface area contributed by atoms with Crippen LogP contribution in [-0.2, 0) is 6.54 Å². The molecule has 0 aliphatic carbocycles. The highest BCUT2D eigenvalue weighted by atomic mass is 79.9. The molecular formula is C11H12BrN3. The molecule has 0 spiro atoms. The standard InChI is InChI=1S/C11H12BrN3/c1-8-6-15(11(13)14-8)7-9-2-4-10(12)5-3-9/h2-6H,7H2,1H3,(H2,13,14). The first kappa shape index (κ1) is 10.2. The highest BCUT2D eigenvalue weighted by molar-refractivity contribution is 9.10. The van der Waals surface area contributed by atoms with Crippen molar-refractivity contribution in [3.8, 4) is 0 Å². The Hall–Kier alpha value is -1.29. The van der Waals surface area contributed by atoms with Crippen molar-refractivity contribution in [1.29, 1.82) is 0 Å². The first-order valence-electron chi connectivity index (χ1n) is 4.69. The Morgan fingerprint density at radius 2 is 2.00 bits per heavy atom. The maximum absolute atomic E-state index is 5.76. The Kier molecular flexibility index (Phi) is 2.77. The normalized spacial score (nSPS) is 10.5. The molecule has 0 bridgehead atoms. The topological polar surface area (TPSA) is 43.8 Å². The number of nitrogens with two attached hydrogens (primary N) is 1. The summed E-state index contributed by atoms with van der Waals surface area (Å²) < 4.78 is 3.03. The Morgan fingerprint density at radius 3 is 2.53 bits per heavy atom. The fourth-order valence-electron chi connectivity index (χ4n) is 1.48. The van der Waals surface area contributed by atoms with E-state index in [1.54, 1.807) is 0 Å². The molecule has 3 nitrogen and oxygen atoms in total. The van der Waals surface area contributed by atoms with Crippen molar-refractivity contribution in [2.24, 2.45) is 0 Å². The van der Waals surface area contributed by atoms with E-state index in [1.807, 2.05) is 29.8 Å². The predicted molar refractivity (Wildman–Crippen MR) is 64.6 cm³/mol. The molecule has 4 heteroatoms. The molecule has 1 heterocycles. The van der Waals surface area contributed by atoms with Crippen LogP contribution < -0.4 is 5.73 Å². The first-order valence-corrected chi connectivity index (χ1v) is 5.48. The van der Waals surface area contributed by atoms with Crippen molar-refractivity contribution in [1.82, 2.24) is 9.55 Å². The average Bonchev–Trinajstić information content (AvgIpc) is 2.49. The Bertz CT molecular complexity index is 459. The molecule has 2 N–H and O–H groups in total. The molecule has 0 unspecified atom stereocenters. The smallest absolute Gasteiger partial charge is 0.200 e. The number of hydrogen-bond donors (Lipinski definition) is 1. The molecule has 0 saturated carbocycles. The number of benzene rings is 1. The largest absolute Gasteiger partial charge is 0.369 e. The molecule has 1 aromatic carbocycles. The first-order chi connectivity index (χ1) is 7.15. The van der Waals surface area contributed by atoms with Gasteiger partial charge >= 0.3 is 0 Å². The Labute approximate surface area is 97.1 Å². The second kappa shape index (κ2) is 4.06. The van der Waals surface area contributed by atoms with Gasteiger partial charge in [0.15, 0.2) is 0 Å². The molecule has 0 aliphatic rings. The number of imidazole rings is 1. The van der Waals surface area contributed by atoms with Gasteiger partial charge in [-0.2, -0.15) is 0 Å². The molecule has 0 radical (unpaired) electrons. The van der Waals surface area contributed by atoms with Crippen molar-refractivity contribution in [2.75, 3.05) is 5.73 Å². The van der Waals surface area contributed by atoms with E-state index in [4.69, 9.17) is 5.73 Å². The summed E-state index contributed by atoms with van der Waals surface area (Å²) in [6, 6.07) is 8.18. The summed E-state index contributed by atoms with van der Waals surface area (Å²) in [5.74, 6) is 0.565. The van der Waals surface area contributed by atoms with E-state index in [9.17, 15) is 0 Å². The lowest BCUT2D eigenvalue weighted by Crippen LogP contribution is -2.03. The summed E-state index contributed by atoms with van der Waals surface area (Å²) >= 11 is 3.41. The number of halogens is 1. The molecule has 0 amide bonds. The van der Waals surface area contributed by atoms with Gasteiger partial charge in [-0.25, -0.2) is 4.98 Å². The lowest BCUT2D eigenvalue weighted by atomic mass is 10.2. The third kappa shape index (κ3) is 2.39. The number of nitrogen functional groups attached to an aromatic ring is 1. The summed E-state index contributed by atoms with van der Waals surface area (Å²) in [5.41, 5.74) is 7.92. The monoisotopic (exact) mass is 265 g/mol. The SMILES string of the molecule is Cc1cn(Cc2ccc(Br)cc2)c(N)n1. The zero-order valence-electron chi connectivity index (χ0n) is 8.44. The lowest BCUT2D eigenvalue weighted by Gasteiger charge is -2.04. The van der Waals surface area contributed by atoms with Crippen LogP contribution >= 0.6 is 15.9 Å². The van der Waals surface area contributed by atoms with E-state index in [2.05, 4.69) is 33.0 Å². The molecule has 0 aliphatic heterocycles. The van der Waals surface area contributed by atoms with Gasteiger partial charge < -0.3 is 10.3 Å². The van der Waals surface area contributed by atoms with Crippen molar-refractivity contribution in [3.63, 3.8) is 0 Å². The van der Waals surface area contributed by atoms with Gasteiger partial charge in [0.25, 0.3) is 0 Å². The molecule has 0 atom stereocenters. The van der Waals surface area contributed by atoms with Gasteiger partial charge in [-0.3, -0.25) is 0 Å². The maximum atomic E-state index is 5.76. The van der Waals surface area contributed by atoms with Gasteiger partial charge in [-0.05, 0) is 24.6 Å². The zero-order chi connectivity index (χ0) is 10.8. The fraction of sp³-hybridized carbons (Fsp3) is 0.182. The van der Waals surface area contributed by atoms with Crippen molar-refractivity contribution < 1.29 is 0 Å². The molecule has 78 valence electrons. The molecule has 0 saturated heterocycles. The Balaban J connectivity index is 2.21. The summed E-state index contributed by atoms with van der Waals surface area (Å²) in [7, 11) is 0. The summed E-state index contributed by atoms with van der Waals surface area (Å²) in [6.45, 7) is 2.70. The van der Waals surface area contributed by atoms with Crippen LogP contribution in [-0.4, -0.2) is 9.55 Å².